The number of carboxylic acids is 1. The van der Waals surface area contributed by atoms with Gasteiger partial charge in [-0.1, -0.05) is 0 Å². The number of carbonyl (C=O) groups excluding carboxylic acids is 1. The average molecular weight is 297 g/mol. The van der Waals surface area contributed by atoms with Gasteiger partial charge in [-0.05, 0) is 24.3 Å². The van der Waals surface area contributed by atoms with Gasteiger partial charge in [-0.2, -0.15) is 0 Å². The normalized spacial score (nSPS) is 18.3. The van der Waals surface area contributed by atoms with Crippen LogP contribution in [-0.4, -0.2) is 54.3 Å². The Labute approximate surface area is 121 Å². The molecule has 1 atom stereocenters. The van der Waals surface area contributed by atoms with Crippen molar-refractivity contribution in [3.63, 3.8) is 0 Å². The fourth-order valence-corrected chi connectivity index (χ4v) is 1.97. The second-order valence-electron chi connectivity index (χ2n) is 4.59. The van der Waals surface area contributed by atoms with Crippen molar-refractivity contribution in [3.05, 3.63) is 30.1 Å². The van der Waals surface area contributed by atoms with Gasteiger partial charge in [-0.15, -0.1) is 0 Å². The van der Waals surface area contributed by atoms with Crippen LogP contribution in [0.15, 0.2) is 24.3 Å². The molecular formula is C14H16FNO5. The van der Waals surface area contributed by atoms with Crippen molar-refractivity contribution >= 4 is 11.9 Å². The third-order valence-corrected chi connectivity index (χ3v) is 3.09. The van der Waals surface area contributed by atoms with Gasteiger partial charge in [0.05, 0.1) is 26.2 Å². The number of halogens is 1. The topological polar surface area (TPSA) is 76.1 Å². The van der Waals surface area contributed by atoms with Crippen molar-refractivity contribution in [1.29, 1.82) is 0 Å². The number of aliphatic carboxylic acids is 1. The van der Waals surface area contributed by atoms with Crippen LogP contribution in [0.1, 0.15) is 6.42 Å². The number of carbonyl (C=O) groups is 2. The minimum absolute atomic E-state index is 0.0463. The maximum atomic E-state index is 12.7. The number of amides is 1. The highest BCUT2D eigenvalue weighted by atomic mass is 19.1. The molecule has 0 bridgehead atoms. The minimum atomic E-state index is -1.07. The molecule has 1 unspecified atom stereocenters. The Morgan fingerprint density at radius 2 is 2.10 bits per heavy atom. The number of carboxylic acid groups (broad SMARTS) is 1. The number of benzene rings is 1. The van der Waals surface area contributed by atoms with E-state index in [0.717, 1.165) is 0 Å². The Bertz CT molecular complexity index is 505. The molecule has 1 aliphatic heterocycles. The van der Waals surface area contributed by atoms with Gasteiger partial charge < -0.3 is 19.5 Å². The van der Waals surface area contributed by atoms with Crippen LogP contribution in [0.4, 0.5) is 4.39 Å². The fraction of sp³-hybridized carbons (Fsp3) is 0.429. The van der Waals surface area contributed by atoms with Gasteiger partial charge in [0.15, 0.2) is 6.10 Å². The zero-order valence-corrected chi connectivity index (χ0v) is 11.3. The molecule has 1 fully saturated rings. The van der Waals surface area contributed by atoms with Gasteiger partial charge in [0.25, 0.3) is 0 Å². The van der Waals surface area contributed by atoms with Crippen molar-refractivity contribution < 1.29 is 28.6 Å². The van der Waals surface area contributed by atoms with E-state index < -0.39 is 12.1 Å². The number of ether oxygens (including phenoxy) is 2. The maximum absolute atomic E-state index is 12.7. The van der Waals surface area contributed by atoms with Crippen molar-refractivity contribution in [2.24, 2.45) is 0 Å². The first-order valence-electron chi connectivity index (χ1n) is 6.57. The van der Waals surface area contributed by atoms with Crippen LogP contribution in [0.5, 0.6) is 5.75 Å². The summed E-state index contributed by atoms with van der Waals surface area (Å²) in [4.78, 5) is 24.2. The Morgan fingerprint density at radius 3 is 2.76 bits per heavy atom. The maximum Gasteiger partial charge on any atom is 0.334 e. The van der Waals surface area contributed by atoms with Gasteiger partial charge in [-0.3, -0.25) is 4.79 Å². The number of hydrogen-bond donors (Lipinski definition) is 1. The lowest BCUT2D eigenvalue weighted by Gasteiger charge is -2.30. The van der Waals surface area contributed by atoms with E-state index in [2.05, 4.69) is 0 Å². The molecule has 0 saturated carbocycles. The summed E-state index contributed by atoms with van der Waals surface area (Å²) in [5.74, 6) is -1.14. The quantitative estimate of drug-likeness (QED) is 0.874. The molecule has 1 amide bonds. The first kappa shape index (κ1) is 15.2. The molecule has 21 heavy (non-hydrogen) atoms. The van der Waals surface area contributed by atoms with Gasteiger partial charge in [0.2, 0.25) is 5.91 Å². The van der Waals surface area contributed by atoms with E-state index in [1.807, 2.05) is 0 Å². The Kier molecular flexibility index (Phi) is 5.10. The highest BCUT2D eigenvalue weighted by Crippen LogP contribution is 2.12. The summed E-state index contributed by atoms with van der Waals surface area (Å²) in [7, 11) is 0. The third-order valence-electron chi connectivity index (χ3n) is 3.09. The summed E-state index contributed by atoms with van der Waals surface area (Å²) in [5, 5.41) is 8.87. The summed E-state index contributed by atoms with van der Waals surface area (Å²) in [6.45, 7) is 0.783. The molecule has 7 heteroatoms. The highest BCUT2D eigenvalue weighted by Gasteiger charge is 2.28. The molecule has 1 aliphatic rings. The van der Waals surface area contributed by atoms with Crippen molar-refractivity contribution in [1.82, 2.24) is 4.90 Å². The summed E-state index contributed by atoms with van der Waals surface area (Å²) in [6, 6.07) is 5.51. The second kappa shape index (κ2) is 7.03. The molecule has 1 aromatic carbocycles. The molecule has 1 N–H and O–H groups in total. The molecule has 0 spiro atoms. The van der Waals surface area contributed by atoms with Crippen LogP contribution in [0.25, 0.3) is 0 Å². The molecule has 114 valence electrons. The van der Waals surface area contributed by atoms with E-state index in [4.69, 9.17) is 14.6 Å². The number of morpholine rings is 1. The minimum Gasteiger partial charge on any atom is -0.493 e. The Morgan fingerprint density at radius 1 is 1.38 bits per heavy atom. The predicted molar refractivity (Wildman–Crippen MR) is 70.5 cm³/mol. The first-order valence-corrected chi connectivity index (χ1v) is 6.57. The van der Waals surface area contributed by atoms with Crippen LogP contribution in [-0.2, 0) is 14.3 Å². The largest absolute Gasteiger partial charge is 0.493 e. The lowest BCUT2D eigenvalue weighted by atomic mass is 10.2. The molecule has 0 aliphatic carbocycles. The van der Waals surface area contributed by atoms with E-state index in [0.29, 0.717) is 12.3 Å². The molecule has 1 aromatic rings. The average Bonchev–Trinajstić information content (AvgIpc) is 2.49. The van der Waals surface area contributed by atoms with Crippen LogP contribution < -0.4 is 4.74 Å². The van der Waals surface area contributed by atoms with Crippen LogP contribution in [0.2, 0.25) is 0 Å². The van der Waals surface area contributed by atoms with E-state index >= 15 is 0 Å². The first-order chi connectivity index (χ1) is 10.1. The highest BCUT2D eigenvalue weighted by molar-refractivity contribution is 5.78. The smallest absolute Gasteiger partial charge is 0.334 e. The molecule has 2 rings (SSSR count). The van der Waals surface area contributed by atoms with Crippen molar-refractivity contribution in [2.45, 2.75) is 12.5 Å². The van der Waals surface area contributed by atoms with Gasteiger partial charge in [0.1, 0.15) is 11.6 Å². The van der Waals surface area contributed by atoms with Crippen LogP contribution in [0.3, 0.4) is 0 Å². The lowest BCUT2D eigenvalue weighted by molar-refractivity contribution is -0.159. The zero-order chi connectivity index (χ0) is 15.2. The van der Waals surface area contributed by atoms with E-state index in [1.54, 1.807) is 0 Å². The molecule has 6 nitrogen and oxygen atoms in total. The standard InChI is InChI=1S/C14H16FNO5/c15-10-1-3-11(4-2-10)20-7-5-13(17)16-6-8-21-12(9-16)14(18)19/h1-4,12H,5-9H2,(H,18,19). The molecule has 1 heterocycles. The van der Waals surface area contributed by atoms with Gasteiger partial charge >= 0.3 is 5.97 Å². The number of nitrogens with zero attached hydrogens (tertiary/aromatic N) is 1. The predicted octanol–water partition coefficient (Wildman–Crippen LogP) is 0.907. The van der Waals surface area contributed by atoms with E-state index in [9.17, 15) is 14.0 Å². The SMILES string of the molecule is O=C(O)C1CN(C(=O)CCOc2ccc(F)cc2)CCO1. The lowest BCUT2D eigenvalue weighted by Crippen LogP contribution is -2.48. The van der Waals surface area contributed by atoms with Gasteiger partial charge in [0, 0.05) is 6.54 Å². The molecular weight excluding hydrogens is 281 g/mol. The number of hydrogen-bond acceptors (Lipinski definition) is 4. The van der Waals surface area contributed by atoms with E-state index in [1.165, 1.54) is 29.2 Å². The number of rotatable bonds is 5. The molecule has 1 saturated heterocycles. The van der Waals surface area contributed by atoms with Crippen LogP contribution in [0, 0.1) is 5.82 Å². The third kappa shape index (κ3) is 4.42. The Balaban J connectivity index is 1.76. The summed E-state index contributed by atoms with van der Waals surface area (Å²) in [5.41, 5.74) is 0. The zero-order valence-electron chi connectivity index (χ0n) is 11.3. The molecule has 0 radical (unpaired) electrons. The van der Waals surface area contributed by atoms with E-state index in [-0.39, 0.29) is 37.9 Å². The van der Waals surface area contributed by atoms with Crippen LogP contribution >= 0.6 is 0 Å². The van der Waals surface area contributed by atoms with Crippen molar-refractivity contribution in [2.75, 3.05) is 26.3 Å². The fourth-order valence-electron chi connectivity index (χ4n) is 1.97. The van der Waals surface area contributed by atoms with Crippen molar-refractivity contribution in [3.8, 4) is 5.75 Å². The summed E-state index contributed by atoms with van der Waals surface area (Å²) in [6.07, 6.45) is -0.843. The second-order valence-corrected chi connectivity index (χ2v) is 4.59. The molecule has 0 aromatic heterocycles. The van der Waals surface area contributed by atoms with Gasteiger partial charge in [-0.25, -0.2) is 9.18 Å². The summed E-state index contributed by atoms with van der Waals surface area (Å²) < 4.78 is 23.1. The Hall–Kier alpha value is -2.15. The monoisotopic (exact) mass is 297 g/mol. The summed E-state index contributed by atoms with van der Waals surface area (Å²) >= 11 is 0.